The van der Waals surface area contributed by atoms with Gasteiger partial charge >= 0.3 is 0 Å². The van der Waals surface area contributed by atoms with Gasteiger partial charge in [-0.25, -0.2) is 13.0 Å². The molecule has 0 bridgehead atoms. The molecule has 0 fully saturated rings. The van der Waals surface area contributed by atoms with Gasteiger partial charge in [-0.15, -0.1) is 23.1 Å². The Labute approximate surface area is 158 Å². The smallest absolute Gasteiger partial charge is 0.271 e. The summed E-state index contributed by atoms with van der Waals surface area (Å²) in [5.41, 5.74) is 3.03. The first-order valence-electron chi connectivity index (χ1n) is 7.61. The van der Waals surface area contributed by atoms with Crippen molar-refractivity contribution in [1.29, 1.82) is 0 Å². The minimum atomic E-state index is -3.57. The zero-order valence-corrected chi connectivity index (χ0v) is 15.8. The highest BCUT2D eigenvalue weighted by Crippen LogP contribution is 2.32. The first-order chi connectivity index (χ1) is 12.6. The Bertz CT molecular complexity index is 1140. The van der Waals surface area contributed by atoms with Crippen LogP contribution in [0, 0.1) is 0 Å². The SMILES string of the molecule is O=S(=O)(Nc1ccccc1SCc1ccc2nonc2c1)c1cccs1. The van der Waals surface area contributed by atoms with E-state index in [0.717, 1.165) is 10.5 Å². The lowest BCUT2D eigenvalue weighted by Gasteiger charge is -2.11. The number of thioether (sulfide) groups is 1. The molecule has 26 heavy (non-hydrogen) atoms. The number of rotatable bonds is 6. The van der Waals surface area contributed by atoms with Crippen LogP contribution in [0.4, 0.5) is 5.69 Å². The van der Waals surface area contributed by atoms with Gasteiger partial charge in [-0.2, -0.15) is 0 Å². The van der Waals surface area contributed by atoms with Crippen molar-refractivity contribution in [3.05, 3.63) is 65.5 Å². The molecule has 1 N–H and O–H groups in total. The molecule has 2 heterocycles. The Balaban J connectivity index is 1.54. The van der Waals surface area contributed by atoms with Crippen molar-refractivity contribution >= 4 is 49.8 Å². The van der Waals surface area contributed by atoms with Crippen LogP contribution in [-0.2, 0) is 15.8 Å². The van der Waals surface area contributed by atoms with E-state index in [0.29, 0.717) is 26.7 Å². The predicted octanol–water partition coefficient (Wildman–Crippen LogP) is 4.38. The normalized spacial score (nSPS) is 11.7. The van der Waals surface area contributed by atoms with Crippen LogP contribution in [0.5, 0.6) is 0 Å². The van der Waals surface area contributed by atoms with Gasteiger partial charge in [0.25, 0.3) is 10.0 Å². The summed E-state index contributed by atoms with van der Waals surface area (Å²) in [4.78, 5) is 0.853. The maximum absolute atomic E-state index is 12.5. The van der Waals surface area contributed by atoms with E-state index in [2.05, 4.69) is 15.0 Å². The van der Waals surface area contributed by atoms with Crippen molar-refractivity contribution in [2.24, 2.45) is 0 Å². The molecule has 0 radical (unpaired) electrons. The Hall–Kier alpha value is -2.36. The minimum absolute atomic E-state index is 0.293. The van der Waals surface area contributed by atoms with E-state index in [1.165, 1.54) is 11.3 Å². The average molecular weight is 404 g/mol. The summed E-state index contributed by atoms with van der Waals surface area (Å²) in [6.07, 6.45) is 0. The molecule has 0 atom stereocenters. The van der Waals surface area contributed by atoms with E-state index in [1.807, 2.05) is 36.4 Å². The number of para-hydroxylation sites is 1. The molecule has 2 aromatic carbocycles. The molecule has 6 nitrogen and oxygen atoms in total. The Morgan fingerprint density at radius 2 is 1.88 bits per heavy atom. The molecule has 0 saturated carbocycles. The molecule has 0 amide bonds. The van der Waals surface area contributed by atoms with E-state index in [4.69, 9.17) is 4.63 Å². The number of fused-ring (bicyclic) bond motifs is 1. The summed E-state index contributed by atoms with van der Waals surface area (Å²) in [7, 11) is -3.57. The molecule has 0 aliphatic carbocycles. The van der Waals surface area contributed by atoms with Crippen LogP contribution in [-0.4, -0.2) is 18.7 Å². The lowest BCUT2D eigenvalue weighted by atomic mass is 10.2. The maximum Gasteiger partial charge on any atom is 0.271 e. The van der Waals surface area contributed by atoms with Crippen molar-refractivity contribution in [3.63, 3.8) is 0 Å². The average Bonchev–Trinajstić information content (AvgIpc) is 3.32. The number of anilines is 1. The molecule has 0 aliphatic heterocycles. The van der Waals surface area contributed by atoms with Gasteiger partial charge in [-0.1, -0.05) is 24.3 Å². The Kier molecular flexibility index (Phi) is 4.66. The van der Waals surface area contributed by atoms with Gasteiger partial charge in [-0.3, -0.25) is 4.72 Å². The minimum Gasteiger partial charge on any atom is -0.278 e. The molecule has 2 aromatic heterocycles. The van der Waals surface area contributed by atoms with Gasteiger partial charge in [0.05, 0.1) is 5.69 Å². The zero-order chi connectivity index (χ0) is 18.0. The molecule has 0 unspecified atom stereocenters. The molecule has 0 spiro atoms. The quantitative estimate of drug-likeness (QED) is 0.481. The first kappa shape index (κ1) is 17.1. The highest BCUT2D eigenvalue weighted by atomic mass is 32.2. The number of thiophene rings is 1. The number of sulfonamides is 1. The van der Waals surface area contributed by atoms with Crippen molar-refractivity contribution in [2.75, 3.05) is 4.72 Å². The molecular formula is C17H13N3O3S3. The van der Waals surface area contributed by atoms with Crippen molar-refractivity contribution in [1.82, 2.24) is 10.3 Å². The summed E-state index contributed by atoms with van der Waals surface area (Å²) < 4.78 is 32.6. The zero-order valence-electron chi connectivity index (χ0n) is 13.3. The predicted molar refractivity (Wildman–Crippen MR) is 103 cm³/mol. The fourth-order valence-corrected chi connectivity index (χ4v) is 5.46. The van der Waals surface area contributed by atoms with Crippen LogP contribution in [0.25, 0.3) is 11.0 Å². The third kappa shape index (κ3) is 3.59. The molecular weight excluding hydrogens is 390 g/mol. The van der Waals surface area contributed by atoms with Gasteiger partial charge < -0.3 is 0 Å². The number of benzene rings is 2. The lowest BCUT2D eigenvalue weighted by molar-refractivity contribution is 0.315. The summed E-state index contributed by atoms with van der Waals surface area (Å²) in [6.45, 7) is 0. The van der Waals surface area contributed by atoms with E-state index in [-0.39, 0.29) is 0 Å². The Morgan fingerprint density at radius 1 is 1.04 bits per heavy atom. The van der Waals surface area contributed by atoms with Crippen LogP contribution >= 0.6 is 23.1 Å². The van der Waals surface area contributed by atoms with Gasteiger partial charge in [0.15, 0.2) is 0 Å². The molecule has 4 rings (SSSR count). The van der Waals surface area contributed by atoms with Gasteiger partial charge in [0.2, 0.25) is 0 Å². The van der Waals surface area contributed by atoms with Crippen LogP contribution in [0.2, 0.25) is 0 Å². The van der Waals surface area contributed by atoms with Crippen LogP contribution in [0.1, 0.15) is 5.56 Å². The summed E-state index contributed by atoms with van der Waals surface area (Å²) >= 11 is 2.74. The fraction of sp³-hybridized carbons (Fsp3) is 0.0588. The standard InChI is InChI=1S/C17H13N3O3S3/c21-26(22,17-6-3-9-24-17)20-14-4-1-2-5-16(14)25-11-12-7-8-13-15(10-12)19-23-18-13/h1-10,20H,11H2. The number of hydrogen-bond acceptors (Lipinski definition) is 7. The molecule has 4 aromatic rings. The highest BCUT2D eigenvalue weighted by Gasteiger charge is 2.17. The third-order valence-corrected chi connectivity index (χ3v) is 7.51. The van der Waals surface area contributed by atoms with E-state index >= 15 is 0 Å². The molecule has 9 heteroatoms. The molecule has 0 aliphatic rings. The fourth-order valence-electron chi connectivity index (χ4n) is 2.37. The lowest BCUT2D eigenvalue weighted by Crippen LogP contribution is -2.12. The van der Waals surface area contributed by atoms with Crippen LogP contribution in [0.3, 0.4) is 0 Å². The number of nitrogens with zero attached hydrogens (tertiary/aromatic N) is 2. The third-order valence-electron chi connectivity index (χ3n) is 3.60. The second kappa shape index (κ2) is 7.10. The van der Waals surface area contributed by atoms with Gasteiger partial charge in [-0.05, 0) is 51.6 Å². The monoisotopic (exact) mass is 403 g/mol. The second-order valence-corrected chi connectivity index (χ2v) is 9.28. The molecule has 0 saturated heterocycles. The number of hydrogen-bond donors (Lipinski definition) is 1. The summed E-state index contributed by atoms with van der Waals surface area (Å²) in [5.74, 6) is 0.667. The van der Waals surface area contributed by atoms with E-state index < -0.39 is 10.0 Å². The summed E-state index contributed by atoms with van der Waals surface area (Å²) in [6, 6.07) is 16.4. The van der Waals surface area contributed by atoms with Crippen molar-refractivity contribution in [2.45, 2.75) is 14.9 Å². The van der Waals surface area contributed by atoms with Crippen molar-refractivity contribution < 1.29 is 13.0 Å². The summed E-state index contributed by atoms with van der Waals surface area (Å²) in [5, 5.41) is 9.37. The van der Waals surface area contributed by atoms with Crippen LogP contribution < -0.4 is 4.72 Å². The van der Waals surface area contributed by atoms with E-state index in [1.54, 1.807) is 35.3 Å². The molecule has 132 valence electrons. The number of aromatic nitrogens is 2. The highest BCUT2D eigenvalue weighted by molar-refractivity contribution is 7.99. The second-order valence-electron chi connectivity index (χ2n) is 5.41. The Morgan fingerprint density at radius 3 is 2.73 bits per heavy atom. The van der Waals surface area contributed by atoms with Crippen LogP contribution in [0.15, 0.2) is 73.7 Å². The number of nitrogens with one attached hydrogen (secondary N) is 1. The maximum atomic E-state index is 12.5. The largest absolute Gasteiger partial charge is 0.278 e. The van der Waals surface area contributed by atoms with Crippen molar-refractivity contribution in [3.8, 4) is 0 Å². The topological polar surface area (TPSA) is 85.1 Å². The van der Waals surface area contributed by atoms with Gasteiger partial charge in [0, 0.05) is 10.6 Å². The first-order valence-corrected chi connectivity index (χ1v) is 11.0. The van der Waals surface area contributed by atoms with Gasteiger partial charge in [0.1, 0.15) is 15.2 Å². The van der Waals surface area contributed by atoms with E-state index in [9.17, 15) is 8.42 Å².